The number of carbonyl (C=O) groups is 1. The van der Waals surface area contributed by atoms with Gasteiger partial charge in [-0.2, -0.15) is 18.4 Å². The molecule has 1 amide bonds. The van der Waals surface area contributed by atoms with Crippen molar-refractivity contribution in [2.24, 2.45) is 0 Å². The zero-order chi connectivity index (χ0) is 20.5. The van der Waals surface area contributed by atoms with E-state index in [4.69, 9.17) is 5.26 Å². The molecule has 0 radical (unpaired) electrons. The van der Waals surface area contributed by atoms with Gasteiger partial charge in [0.2, 0.25) is 0 Å². The smallest absolute Gasteiger partial charge is 0.378 e. The zero-order valence-corrected chi connectivity index (χ0v) is 14.8. The lowest BCUT2D eigenvalue weighted by atomic mass is 10.0. The molecule has 0 spiro atoms. The number of amides is 1. The average molecular weight is 387 g/mol. The minimum atomic E-state index is -4.74. The molecule has 8 heteroatoms. The van der Waals surface area contributed by atoms with Crippen molar-refractivity contribution >= 4 is 22.5 Å². The molecule has 0 saturated heterocycles. The van der Waals surface area contributed by atoms with Crippen molar-refractivity contribution in [2.75, 3.05) is 5.32 Å². The third kappa shape index (κ3) is 3.85. The molecule has 0 aliphatic heterocycles. The Kier molecular flexibility index (Phi) is 4.87. The van der Waals surface area contributed by atoms with Crippen LogP contribution in [0.2, 0.25) is 0 Å². The maximum Gasteiger partial charge on any atom is 0.417 e. The van der Waals surface area contributed by atoms with Gasteiger partial charge < -0.3 is 15.0 Å². The van der Waals surface area contributed by atoms with Gasteiger partial charge >= 0.3 is 6.18 Å². The second-order valence-corrected chi connectivity index (χ2v) is 6.60. The van der Waals surface area contributed by atoms with Gasteiger partial charge in [0.15, 0.2) is 5.60 Å². The van der Waals surface area contributed by atoms with Crippen molar-refractivity contribution in [1.29, 1.82) is 5.26 Å². The normalized spacial score (nSPS) is 13.7. The van der Waals surface area contributed by atoms with Gasteiger partial charge in [-0.15, -0.1) is 0 Å². The number of anilines is 1. The molecule has 28 heavy (non-hydrogen) atoms. The number of rotatable bonds is 4. The molecule has 3 rings (SSSR count). The molecule has 2 aromatic carbocycles. The lowest BCUT2D eigenvalue weighted by molar-refractivity contribution is -0.138. The van der Waals surface area contributed by atoms with Gasteiger partial charge in [-0.25, -0.2) is 0 Å². The Bertz CT molecular complexity index is 1080. The summed E-state index contributed by atoms with van der Waals surface area (Å²) in [5.41, 5.74) is -2.92. The van der Waals surface area contributed by atoms with E-state index in [9.17, 15) is 23.1 Å². The van der Waals surface area contributed by atoms with Crippen molar-refractivity contribution < 1.29 is 23.1 Å². The van der Waals surface area contributed by atoms with Gasteiger partial charge in [0.25, 0.3) is 5.91 Å². The minimum Gasteiger partial charge on any atom is -0.378 e. The summed E-state index contributed by atoms with van der Waals surface area (Å²) in [6.07, 6.45) is -3.02. The first-order valence-corrected chi connectivity index (χ1v) is 8.31. The number of alkyl halides is 3. The van der Waals surface area contributed by atoms with Crippen LogP contribution in [0, 0.1) is 11.3 Å². The highest BCUT2D eigenvalue weighted by molar-refractivity contribution is 5.97. The predicted octanol–water partition coefficient (Wildman–Crippen LogP) is 3.92. The zero-order valence-electron chi connectivity index (χ0n) is 14.8. The summed E-state index contributed by atoms with van der Waals surface area (Å²) in [6, 6.07) is 13.6. The van der Waals surface area contributed by atoms with Crippen LogP contribution in [-0.4, -0.2) is 21.2 Å². The third-order valence-corrected chi connectivity index (χ3v) is 4.35. The maximum absolute atomic E-state index is 13.1. The number of nitrogens with zero attached hydrogens (tertiary/aromatic N) is 2. The monoisotopic (exact) mass is 387 g/mol. The predicted molar refractivity (Wildman–Crippen MR) is 97.4 cm³/mol. The Hall–Kier alpha value is -3.31. The standard InChI is InChI=1S/C20H16F3N3O2/c1-19(28,12-26-9-8-13-4-2-3-5-17(13)26)18(27)25-15-7-6-14(11-24)16(10-15)20(21,22)23/h2-10,28H,12H2,1H3,(H,25,27)/t19-/m0/s1. The molecule has 3 aromatic rings. The van der Waals surface area contributed by atoms with Crippen molar-refractivity contribution in [2.45, 2.75) is 25.2 Å². The molecule has 5 nitrogen and oxygen atoms in total. The SMILES string of the molecule is C[C@](O)(Cn1ccc2ccccc21)C(=O)Nc1ccc(C#N)c(C(F)(F)F)c1. The number of fused-ring (bicyclic) bond motifs is 1. The van der Waals surface area contributed by atoms with Crippen molar-refractivity contribution in [3.8, 4) is 6.07 Å². The fourth-order valence-corrected chi connectivity index (χ4v) is 2.90. The highest BCUT2D eigenvalue weighted by atomic mass is 19.4. The van der Waals surface area contributed by atoms with Crippen molar-refractivity contribution in [3.63, 3.8) is 0 Å². The number of para-hydroxylation sites is 1. The summed E-state index contributed by atoms with van der Waals surface area (Å²) < 4.78 is 40.9. The second-order valence-electron chi connectivity index (χ2n) is 6.60. The molecule has 0 saturated carbocycles. The first-order valence-electron chi connectivity index (χ1n) is 8.31. The fourth-order valence-electron chi connectivity index (χ4n) is 2.90. The number of aliphatic hydroxyl groups is 1. The van der Waals surface area contributed by atoms with Crippen molar-refractivity contribution in [1.82, 2.24) is 4.57 Å². The van der Waals surface area contributed by atoms with E-state index in [0.29, 0.717) is 6.07 Å². The Morgan fingerprint density at radius 2 is 1.93 bits per heavy atom. The van der Waals surface area contributed by atoms with E-state index in [1.807, 2.05) is 30.3 Å². The Balaban J connectivity index is 1.83. The number of hydrogen-bond acceptors (Lipinski definition) is 3. The van der Waals surface area contributed by atoms with Crippen LogP contribution < -0.4 is 5.32 Å². The summed E-state index contributed by atoms with van der Waals surface area (Å²) in [6.45, 7) is 1.19. The van der Waals surface area contributed by atoms with E-state index in [1.54, 1.807) is 10.8 Å². The summed E-state index contributed by atoms with van der Waals surface area (Å²) in [7, 11) is 0. The van der Waals surface area contributed by atoms with E-state index in [2.05, 4.69) is 5.32 Å². The van der Waals surface area contributed by atoms with Crippen LogP contribution >= 0.6 is 0 Å². The molecule has 0 unspecified atom stereocenters. The van der Waals surface area contributed by atoms with E-state index >= 15 is 0 Å². The summed E-state index contributed by atoms with van der Waals surface area (Å²) in [5.74, 6) is -0.858. The Morgan fingerprint density at radius 3 is 2.61 bits per heavy atom. The van der Waals surface area contributed by atoms with Crippen LogP contribution in [0.1, 0.15) is 18.1 Å². The number of hydrogen-bond donors (Lipinski definition) is 2. The highest BCUT2D eigenvalue weighted by Gasteiger charge is 2.35. The maximum atomic E-state index is 13.1. The fraction of sp³-hybridized carbons (Fsp3) is 0.200. The van der Waals surface area contributed by atoms with Crippen LogP contribution in [0.3, 0.4) is 0 Å². The number of aromatic nitrogens is 1. The first-order chi connectivity index (χ1) is 13.1. The first kappa shape index (κ1) is 19.5. The molecule has 0 bridgehead atoms. The number of benzene rings is 2. The lowest BCUT2D eigenvalue weighted by Crippen LogP contribution is -2.43. The summed E-state index contributed by atoms with van der Waals surface area (Å²) in [5, 5.41) is 22.7. The molecule has 0 fully saturated rings. The van der Waals surface area contributed by atoms with E-state index in [1.165, 1.54) is 19.1 Å². The van der Waals surface area contributed by atoms with Gasteiger partial charge in [-0.3, -0.25) is 4.79 Å². The lowest BCUT2D eigenvalue weighted by Gasteiger charge is -2.24. The Morgan fingerprint density at radius 1 is 1.21 bits per heavy atom. The Labute approximate surface area is 158 Å². The molecule has 1 heterocycles. The van der Waals surface area contributed by atoms with Crippen LogP contribution in [-0.2, 0) is 17.5 Å². The van der Waals surface area contributed by atoms with E-state index < -0.39 is 28.8 Å². The van der Waals surface area contributed by atoms with Gasteiger partial charge in [0.1, 0.15) is 0 Å². The molecule has 1 atom stereocenters. The number of nitrogens with one attached hydrogen (secondary N) is 1. The molecule has 0 aliphatic rings. The number of carbonyl (C=O) groups excluding carboxylic acids is 1. The van der Waals surface area contributed by atoms with Gasteiger partial charge in [-0.1, -0.05) is 18.2 Å². The van der Waals surface area contributed by atoms with E-state index in [-0.39, 0.29) is 12.2 Å². The summed E-state index contributed by atoms with van der Waals surface area (Å²) in [4.78, 5) is 12.5. The van der Waals surface area contributed by atoms with Crippen LogP contribution in [0.5, 0.6) is 0 Å². The van der Waals surface area contributed by atoms with Crippen LogP contribution in [0.25, 0.3) is 10.9 Å². The van der Waals surface area contributed by atoms with E-state index in [0.717, 1.165) is 17.0 Å². The molecular formula is C20H16F3N3O2. The summed E-state index contributed by atoms with van der Waals surface area (Å²) >= 11 is 0. The molecule has 2 N–H and O–H groups in total. The van der Waals surface area contributed by atoms with Crippen LogP contribution in [0.15, 0.2) is 54.7 Å². The molecule has 144 valence electrons. The minimum absolute atomic E-state index is 0.0885. The van der Waals surface area contributed by atoms with Crippen molar-refractivity contribution in [3.05, 3.63) is 65.9 Å². The van der Waals surface area contributed by atoms with Gasteiger partial charge in [0.05, 0.1) is 23.7 Å². The van der Waals surface area contributed by atoms with Gasteiger partial charge in [-0.05, 0) is 42.6 Å². The molecular weight excluding hydrogens is 371 g/mol. The number of halogens is 3. The van der Waals surface area contributed by atoms with Gasteiger partial charge in [0, 0.05) is 17.4 Å². The largest absolute Gasteiger partial charge is 0.417 e. The quantitative estimate of drug-likeness (QED) is 0.712. The van der Waals surface area contributed by atoms with Crippen LogP contribution in [0.4, 0.5) is 18.9 Å². The third-order valence-electron chi connectivity index (χ3n) is 4.35. The molecule has 0 aliphatic carbocycles. The molecule has 1 aromatic heterocycles. The topological polar surface area (TPSA) is 78.1 Å². The second kappa shape index (κ2) is 7.02. The average Bonchev–Trinajstić information content (AvgIpc) is 3.03. The highest BCUT2D eigenvalue weighted by Crippen LogP contribution is 2.33. The number of nitriles is 1.